The van der Waals surface area contributed by atoms with E-state index in [1.54, 1.807) is 7.11 Å². The number of fused-ring (bicyclic) bond motifs is 8. The van der Waals surface area contributed by atoms with Crippen LogP contribution in [0.1, 0.15) is 77.6 Å². The minimum absolute atomic E-state index is 0. The minimum atomic E-state index is -1.56. The van der Waals surface area contributed by atoms with Crippen LogP contribution in [-0.2, 0) is 19.5 Å². The van der Waals surface area contributed by atoms with Crippen molar-refractivity contribution in [3.63, 3.8) is 0 Å². The normalized spacial score (nSPS) is 11.8. The number of unbranched alkanes of at least 4 members (excludes halogenated alkanes) is 3. The number of nitrogens with one attached hydrogen (secondary N) is 2. The van der Waals surface area contributed by atoms with Crippen LogP contribution in [0.3, 0.4) is 0 Å². The Kier molecular flexibility index (Phi) is 14.1. The Morgan fingerprint density at radius 2 is 0.955 bits per heavy atom. The van der Waals surface area contributed by atoms with Gasteiger partial charge in [0.15, 0.2) is 0 Å². The maximum absolute atomic E-state index is 6.21. The van der Waals surface area contributed by atoms with Crippen molar-refractivity contribution in [1.29, 1.82) is 0 Å². The number of benzene rings is 4. The van der Waals surface area contributed by atoms with E-state index in [0.717, 1.165) is 107 Å². The number of nitrogens with zero attached hydrogens (tertiary/aromatic N) is 2. The zero-order valence-electron chi connectivity index (χ0n) is 40.2. The summed E-state index contributed by atoms with van der Waals surface area (Å²) in [6.45, 7) is 16.3. The maximum atomic E-state index is 6.21. The van der Waals surface area contributed by atoms with Gasteiger partial charge >= 0.3 is 19.5 Å². The number of hydrogen-bond donors (Lipinski definition) is 2. The van der Waals surface area contributed by atoms with Gasteiger partial charge in [0.2, 0.25) is 0 Å². The van der Waals surface area contributed by atoms with Gasteiger partial charge in [-0.15, -0.1) is 5.54 Å². The van der Waals surface area contributed by atoms with Gasteiger partial charge in [-0.05, 0) is 146 Å². The van der Waals surface area contributed by atoms with Crippen molar-refractivity contribution in [2.24, 2.45) is 0 Å². The van der Waals surface area contributed by atoms with Gasteiger partial charge in [-0.25, -0.2) is 9.97 Å². The Morgan fingerprint density at radius 1 is 0.522 bits per heavy atom. The van der Waals surface area contributed by atoms with Gasteiger partial charge in [0.05, 0.1) is 36.5 Å². The van der Waals surface area contributed by atoms with Gasteiger partial charge in [0.25, 0.3) is 0 Å². The molecular formula is C59H58N4O2SiZn+2. The molecule has 0 atom stereocenters. The van der Waals surface area contributed by atoms with Crippen molar-refractivity contribution in [2.75, 3.05) is 13.7 Å². The van der Waals surface area contributed by atoms with Crippen LogP contribution in [0.2, 0.25) is 19.6 Å². The summed E-state index contributed by atoms with van der Waals surface area (Å²) in [4.78, 5) is 18.9. The predicted molar refractivity (Wildman–Crippen MR) is 281 cm³/mol. The first kappa shape index (κ1) is 47.0. The molecule has 8 bridgehead atoms. The second kappa shape index (κ2) is 20.1. The van der Waals surface area contributed by atoms with Crippen LogP contribution >= 0.6 is 0 Å². The summed E-state index contributed by atoms with van der Waals surface area (Å²) in [5, 5.41) is 0. The molecule has 0 fully saturated rings. The number of hydrogen-bond acceptors (Lipinski definition) is 4. The molecule has 8 heteroatoms. The molecule has 0 saturated carbocycles. The Balaban J connectivity index is 0.00000608. The Morgan fingerprint density at radius 3 is 1.40 bits per heavy atom. The SMILES string of the molecule is CCCCCCOc1ccc(-c2c3nc(c(-c4ccc(OC)cc4)c4ccc([nH]4)c(-c4c(C)cc(C)cc4C)c4nc(c(-c5ccc(C#C[Si](C)(C)C)cc5)c5ccc2[nH]5)C=C4)C=C3)cc1.[Zn+2]. The minimum Gasteiger partial charge on any atom is -0.497 e. The average molecular weight is 949 g/mol. The number of methoxy groups -OCH3 is 1. The van der Waals surface area contributed by atoms with Crippen LogP contribution in [0, 0.1) is 32.2 Å². The Hall–Kier alpha value is -6.52. The molecule has 9 rings (SSSR count). The van der Waals surface area contributed by atoms with E-state index >= 15 is 0 Å². The Bertz CT molecular complexity index is 3230. The first-order valence-electron chi connectivity index (χ1n) is 23.2. The fourth-order valence-corrected chi connectivity index (χ4v) is 9.65. The van der Waals surface area contributed by atoms with E-state index in [9.17, 15) is 0 Å². The van der Waals surface area contributed by atoms with E-state index in [4.69, 9.17) is 19.4 Å². The van der Waals surface area contributed by atoms with Crippen LogP contribution < -0.4 is 9.47 Å². The van der Waals surface area contributed by atoms with Crippen LogP contribution in [-0.4, -0.2) is 41.7 Å². The van der Waals surface area contributed by atoms with Crippen molar-refractivity contribution in [2.45, 2.75) is 73.0 Å². The molecule has 0 amide bonds. The molecule has 2 aliphatic heterocycles. The summed E-state index contributed by atoms with van der Waals surface area (Å²) in [5.41, 5.74) is 23.8. The molecule has 330 valence electrons. The molecule has 2 aliphatic rings. The molecule has 0 spiro atoms. The van der Waals surface area contributed by atoms with Crippen molar-refractivity contribution in [3.8, 4) is 67.5 Å². The number of rotatable bonds is 11. The molecule has 5 heterocycles. The van der Waals surface area contributed by atoms with E-state index in [0.29, 0.717) is 6.61 Å². The molecule has 7 aromatic rings. The van der Waals surface area contributed by atoms with Crippen molar-refractivity contribution in [1.82, 2.24) is 19.9 Å². The summed E-state index contributed by atoms with van der Waals surface area (Å²) in [7, 11) is 0.142. The zero-order valence-corrected chi connectivity index (χ0v) is 44.1. The monoisotopic (exact) mass is 946 g/mol. The second-order valence-corrected chi connectivity index (χ2v) is 23.3. The molecule has 0 saturated heterocycles. The zero-order chi connectivity index (χ0) is 46.0. The largest absolute Gasteiger partial charge is 2.00 e. The second-order valence-electron chi connectivity index (χ2n) is 18.5. The van der Waals surface area contributed by atoms with E-state index in [-0.39, 0.29) is 19.5 Å². The van der Waals surface area contributed by atoms with Gasteiger partial charge in [-0.3, -0.25) is 0 Å². The summed E-state index contributed by atoms with van der Waals surface area (Å²) >= 11 is 0. The third-order valence-corrected chi connectivity index (χ3v) is 13.1. The number of ether oxygens (including phenoxy) is 2. The molecular weight excluding hydrogens is 890 g/mol. The molecule has 67 heavy (non-hydrogen) atoms. The molecule has 2 N–H and O–H groups in total. The van der Waals surface area contributed by atoms with E-state index in [1.807, 2.05) is 12.1 Å². The summed E-state index contributed by atoms with van der Waals surface area (Å²) in [5.74, 6) is 5.11. The molecule has 6 nitrogen and oxygen atoms in total. The first-order valence-corrected chi connectivity index (χ1v) is 26.7. The van der Waals surface area contributed by atoms with Crippen LogP contribution in [0.15, 0.2) is 109 Å². The average Bonchev–Trinajstić information content (AvgIpc) is 4.15. The number of aromatic amines is 2. The smallest absolute Gasteiger partial charge is 0.497 e. The fourth-order valence-electron chi connectivity index (χ4n) is 9.13. The summed E-state index contributed by atoms with van der Waals surface area (Å²) in [6.07, 6.45) is 13.3. The Labute approximate surface area is 409 Å². The number of aromatic nitrogens is 4. The van der Waals surface area contributed by atoms with E-state index < -0.39 is 8.07 Å². The van der Waals surface area contributed by atoms with Crippen molar-refractivity contribution < 1.29 is 29.0 Å². The molecule has 0 aliphatic carbocycles. The van der Waals surface area contributed by atoms with Crippen LogP contribution in [0.25, 0.3) is 90.9 Å². The predicted octanol–water partition coefficient (Wildman–Crippen LogP) is 15.4. The molecule has 3 aromatic heterocycles. The first-order chi connectivity index (χ1) is 32.0. The fraction of sp³-hybridized carbons (Fsp3) is 0.220. The third-order valence-electron chi connectivity index (χ3n) is 12.2. The van der Waals surface area contributed by atoms with Gasteiger partial charge in [-0.1, -0.05) is 106 Å². The topological polar surface area (TPSA) is 75.8 Å². The summed E-state index contributed by atoms with van der Waals surface area (Å²) < 4.78 is 11.8. The van der Waals surface area contributed by atoms with Crippen molar-refractivity contribution >= 4 is 54.4 Å². The van der Waals surface area contributed by atoms with Crippen LogP contribution in [0.4, 0.5) is 0 Å². The van der Waals surface area contributed by atoms with Crippen molar-refractivity contribution in [3.05, 3.63) is 154 Å². The molecule has 4 aromatic carbocycles. The van der Waals surface area contributed by atoms with Gasteiger partial charge < -0.3 is 19.4 Å². The quantitative estimate of drug-likeness (QED) is 0.0769. The van der Waals surface area contributed by atoms with Gasteiger partial charge in [0, 0.05) is 49.9 Å². The molecule has 0 radical (unpaired) electrons. The van der Waals surface area contributed by atoms with Gasteiger partial charge in [-0.2, -0.15) is 0 Å². The van der Waals surface area contributed by atoms with E-state index in [1.165, 1.54) is 41.5 Å². The number of aryl methyl sites for hydroxylation is 3. The third kappa shape index (κ3) is 10.2. The molecule has 0 unspecified atom stereocenters. The number of H-pyrrole nitrogens is 2. The summed E-state index contributed by atoms with van der Waals surface area (Å²) in [6, 6.07) is 38.6. The standard InChI is InChI=1S/C59H58N4O2Si.Zn/c1-9-10-11-12-34-65-46-23-19-44(20-24-46)58-49-26-25-47(60-49)56(42-15-13-41(14-16-42)33-35-66(6,7)8)51-29-31-53(62-51)59(55-39(3)36-38(2)37-40(55)4)54-32-30-52(63-54)57(48-27-28-50(58)61-48)43-17-21-45(64-5)22-18-43;/h13-32,36-37,60,63H,9-12,34H2,1-8H3;/q;+2. The van der Waals surface area contributed by atoms with Crippen LogP contribution in [0.5, 0.6) is 11.5 Å². The maximum Gasteiger partial charge on any atom is 2.00 e. The van der Waals surface area contributed by atoms with Gasteiger partial charge in [0.1, 0.15) is 19.6 Å². The van der Waals surface area contributed by atoms with E-state index in [2.05, 4.69) is 190 Å².